The lowest BCUT2D eigenvalue weighted by atomic mass is 9.91. The Morgan fingerprint density at radius 1 is 0.826 bits per heavy atom. The molecule has 9 nitrogen and oxygen atoms in total. The predicted molar refractivity (Wildman–Crippen MR) is 172 cm³/mol. The third-order valence-electron chi connectivity index (χ3n) is 7.83. The van der Waals surface area contributed by atoms with Gasteiger partial charge in [-0.15, -0.1) is 0 Å². The van der Waals surface area contributed by atoms with Crippen molar-refractivity contribution in [2.24, 2.45) is 5.92 Å². The molecule has 1 aliphatic rings. The lowest BCUT2D eigenvalue weighted by Gasteiger charge is -2.25. The summed E-state index contributed by atoms with van der Waals surface area (Å²) < 4.78 is 50.6. The Morgan fingerprint density at radius 3 is 1.91 bits per heavy atom. The lowest BCUT2D eigenvalue weighted by molar-refractivity contribution is -0.118. The zero-order chi connectivity index (χ0) is 33.3. The Balaban J connectivity index is 1.61. The Kier molecular flexibility index (Phi) is 11.8. The second kappa shape index (κ2) is 15.8. The first-order valence-corrected chi connectivity index (χ1v) is 16.5. The van der Waals surface area contributed by atoms with E-state index in [2.05, 4.69) is 13.2 Å². The Bertz CT molecular complexity index is 1640. The molecule has 1 aliphatic heterocycles. The van der Waals surface area contributed by atoms with E-state index in [9.17, 15) is 22.8 Å². The molecule has 4 rings (SSSR count). The molecule has 0 radical (unpaired) electrons. The zero-order valence-corrected chi connectivity index (χ0v) is 26.7. The van der Waals surface area contributed by atoms with Crippen LogP contribution in [0.15, 0.2) is 120 Å². The van der Waals surface area contributed by atoms with Gasteiger partial charge in [0.25, 0.3) is 0 Å². The number of carbonyl (C=O) groups excluding carboxylic acids is 3. The van der Waals surface area contributed by atoms with Crippen LogP contribution >= 0.6 is 0 Å². The summed E-state index contributed by atoms with van der Waals surface area (Å²) in [6, 6.07) is 24.7. The van der Waals surface area contributed by atoms with E-state index in [0.717, 1.165) is 0 Å². The van der Waals surface area contributed by atoms with Crippen LogP contribution in [0.25, 0.3) is 0 Å². The average molecular weight is 647 g/mol. The number of hydrogen-bond acceptors (Lipinski definition) is 9. The van der Waals surface area contributed by atoms with Crippen molar-refractivity contribution in [1.82, 2.24) is 0 Å². The van der Waals surface area contributed by atoms with Crippen LogP contribution < -0.4 is 0 Å². The van der Waals surface area contributed by atoms with E-state index < -0.39 is 52.1 Å². The van der Waals surface area contributed by atoms with Gasteiger partial charge in [-0.3, -0.25) is 4.79 Å². The van der Waals surface area contributed by atoms with Crippen LogP contribution in [0.5, 0.6) is 0 Å². The summed E-state index contributed by atoms with van der Waals surface area (Å²) in [4.78, 5) is 39.1. The van der Waals surface area contributed by atoms with Crippen molar-refractivity contribution >= 4 is 27.6 Å². The molecule has 0 saturated carbocycles. The summed E-state index contributed by atoms with van der Waals surface area (Å²) in [5, 5.41) is 0. The number of Topliss-reactive ketones (excluding diaryl/α,β-unsaturated/α-hetero) is 1. The minimum absolute atomic E-state index is 0.00679. The second-order valence-corrected chi connectivity index (χ2v) is 13.2. The number of benzene rings is 3. The van der Waals surface area contributed by atoms with Gasteiger partial charge in [-0.05, 0) is 48.9 Å². The first-order chi connectivity index (χ1) is 22.0. The number of carbonyl (C=O) groups is 3. The molecule has 1 unspecified atom stereocenters. The summed E-state index contributed by atoms with van der Waals surface area (Å²) in [6.45, 7) is 8.97. The lowest BCUT2D eigenvalue weighted by Crippen LogP contribution is -2.38. The molecular formula is C36H38O9S. The largest absolute Gasteiger partial charge is 0.458 e. The average Bonchev–Trinajstić information content (AvgIpc) is 3.37. The molecule has 1 saturated heterocycles. The molecular weight excluding hydrogens is 608 g/mol. The van der Waals surface area contributed by atoms with Crippen LogP contribution in [-0.4, -0.2) is 70.0 Å². The molecule has 0 spiro atoms. The van der Waals surface area contributed by atoms with E-state index in [1.54, 1.807) is 85.8 Å². The Morgan fingerprint density at radius 2 is 1.37 bits per heavy atom. The molecule has 0 aliphatic carbocycles. The van der Waals surface area contributed by atoms with Crippen molar-refractivity contribution < 1.29 is 41.7 Å². The fraction of sp³-hybridized carbons (Fsp3) is 0.306. The predicted octanol–water partition coefficient (Wildman–Crippen LogP) is 5.42. The first kappa shape index (κ1) is 34.5. The summed E-state index contributed by atoms with van der Waals surface area (Å²) >= 11 is 0. The van der Waals surface area contributed by atoms with Crippen LogP contribution in [-0.2, 0) is 33.6 Å². The van der Waals surface area contributed by atoms with Crippen molar-refractivity contribution in [2.45, 2.75) is 49.1 Å². The van der Waals surface area contributed by atoms with Gasteiger partial charge in [0, 0.05) is 31.4 Å². The number of sulfone groups is 1. The van der Waals surface area contributed by atoms with Gasteiger partial charge in [0.15, 0.2) is 15.6 Å². The van der Waals surface area contributed by atoms with Crippen LogP contribution in [0.3, 0.4) is 0 Å². The Hall–Kier alpha value is -4.38. The van der Waals surface area contributed by atoms with E-state index in [1.807, 2.05) is 0 Å². The van der Waals surface area contributed by atoms with Gasteiger partial charge in [-0.2, -0.15) is 0 Å². The van der Waals surface area contributed by atoms with Gasteiger partial charge < -0.3 is 18.9 Å². The summed E-state index contributed by atoms with van der Waals surface area (Å²) in [5.41, 5.74) is 1.33. The fourth-order valence-corrected chi connectivity index (χ4v) is 7.03. The molecule has 10 heteroatoms. The van der Waals surface area contributed by atoms with Crippen LogP contribution in [0.2, 0.25) is 0 Å². The number of allylic oxidation sites excluding steroid dienone is 2. The first-order valence-electron chi connectivity index (χ1n) is 14.8. The highest BCUT2D eigenvalue weighted by atomic mass is 32.2. The van der Waals surface area contributed by atoms with Gasteiger partial charge in [0.05, 0.1) is 40.1 Å². The zero-order valence-electron chi connectivity index (χ0n) is 25.9. The molecule has 5 atom stereocenters. The minimum atomic E-state index is -3.82. The van der Waals surface area contributed by atoms with Crippen molar-refractivity contribution in [3.05, 3.63) is 126 Å². The van der Waals surface area contributed by atoms with Gasteiger partial charge in [0.1, 0.15) is 12.7 Å². The fourth-order valence-electron chi connectivity index (χ4n) is 5.36. The van der Waals surface area contributed by atoms with E-state index in [4.69, 9.17) is 18.9 Å². The molecule has 1 heterocycles. The van der Waals surface area contributed by atoms with Gasteiger partial charge in [-0.25, -0.2) is 18.0 Å². The van der Waals surface area contributed by atoms with Crippen molar-refractivity contribution in [1.29, 1.82) is 0 Å². The SMILES string of the molecule is C=C(C)C(=C)C(=O)C[C@@H]1O[C@H](C[C@@H](COC(=O)c2ccccc2)OC(=O)c2ccccc2)[C@H](OC)C1CS(=O)(=O)c1ccccc1. The van der Waals surface area contributed by atoms with Crippen LogP contribution in [0.4, 0.5) is 0 Å². The van der Waals surface area contributed by atoms with Gasteiger partial charge >= 0.3 is 11.9 Å². The maximum Gasteiger partial charge on any atom is 0.338 e. The maximum atomic E-state index is 13.5. The van der Waals surface area contributed by atoms with Crippen molar-refractivity contribution in [3.63, 3.8) is 0 Å². The topological polar surface area (TPSA) is 122 Å². The summed E-state index contributed by atoms with van der Waals surface area (Å²) in [6.07, 6.45) is -3.65. The monoisotopic (exact) mass is 646 g/mol. The van der Waals surface area contributed by atoms with Crippen molar-refractivity contribution in [2.75, 3.05) is 19.5 Å². The number of ether oxygens (including phenoxy) is 4. The third-order valence-corrected chi connectivity index (χ3v) is 9.64. The van der Waals surface area contributed by atoms with Gasteiger partial charge in [-0.1, -0.05) is 67.8 Å². The highest BCUT2D eigenvalue weighted by Gasteiger charge is 2.48. The molecule has 0 amide bonds. The van der Waals surface area contributed by atoms with E-state index in [0.29, 0.717) is 16.7 Å². The molecule has 0 aromatic heterocycles. The molecule has 0 N–H and O–H groups in total. The number of hydrogen-bond donors (Lipinski definition) is 0. The van der Waals surface area contributed by atoms with Crippen LogP contribution in [0.1, 0.15) is 40.5 Å². The molecule has 3 aromatic rings. The maximum absolute atomic E-state index is 13.5. The van der Waals surface area contributed by atoms with E-state index in [1.165, 1.54) is 19.2 Å². The van der Waals surface area contributed by atoms with Gasteiger partial charge in [0.2, 0.25) is 0 Å². The number of methoxy groups -OCH3 is 1. The summed E-state index contributed by atoms with van der Waals surface area (Å²) in [7, 11) is -2.39. The smallest absolute Gasteiger partial charge is 0.338 e. The normalized spacial score (nSPS) is 20.0. The minimum Gasteiger partial charge on any atom is -0.458 e. The molecule has 242 valence electrons. The van der Waals surface area contributed by atoms with Crippen LogP contribution in [0, 0.1) is 5.92 Å². The molecule has 3 aromatic carbocycles. The molecule has 0 bridgehead atoms. The van der Waals surface area contributed by atoms with E-state index in [-0.39, 0.29) is 41.5 Å². The number of esters is 2. The van der Waals surface area contributed by atoms with E-state index >= 15 is 0 Å². The molecule has 1 fully saturated rings. The van der Waals surface area contributed by atoms with Crippen molar-refractivity contribution in [3.8, 4) is 0 Å². The summed E-state index contributed by atoms with van der Waals surface area (Å²) in [5.74, 6) is -2.70. The quantitative estimate of drug-likeness (QED) is 0.121. The standard InChI is InChI=1S/C36H38O9S/c1-24(2)25(3)31(37)21-32-30(23-46(40,41)29-18-12-7-13-19-29)34(42-4)33(45-32)20-28(44-36(39)27-16-10-6-11-17-27)22-43-35(38)26-14-8-5-9-15-26/h5-19,28,30,32-34H,1,3,20-23H2,2,4H3/t28-,30?,32-,33+,34+/m0/s1. The number of ketones is 1. The second-order valence-electron chi connectivity index (χ2n) is 11.2. The Labute approximate surface area is 269 Å². The third kappa shape index (κ3) is 8.87. The number of rotatable bonds is 15. The molecule has 46 heavy (non-hydrogen) atoms. The highest BCUT2D eigenvalue weighted by Crippen LogP contribution is 2.37. The highest BCUT2D eigenvalue weighted by molar-refractivity contribution is 7.91.